The van der Waals surface area contributed by atoms with Crippen LogP contribution in [0.5, 0.6) is 0 Å². The van der Waals surface area contributed by atoms with Crippen LogP contribution < -0.4 is 15.5 Å². The summed E-state index contributed by atoms with van der Waals surface area (Å²) in [5, 5.41) is 3.98. The smallest absolute Gasteiger partial charge is 0.279 e. The van der Waals surface area contributed by atoms with Crippen LogP contribution in [0.2, 0.25) is 0 Å². The van der Waals surface area contributed by atoms with Gasteiger partial charge in [-0.05, 0) is 24.3 Å². The van der Waals surface area contributed by atoms with Crippen LogP contribution in [-0.4, -0.2) is 33.1 Å². The maximum absolute atomic E-state index is 13.5. The molecule has 0 unspecified atom stereocenters. The number of likely N-dealkylation sites (N-methyl/N-ethyl adjacent to an activating group) is 1. The Bertz CT molecular complexity index is 690. The molecule has 4 N–H and O–H groups in total. The third-order valence-electron chi connectivity index (χ3n) is 3.62. The topological polar surface area (TPSA) is 63.3 Å². The largest absolute Gasteiger partial charge is 0.463 e. The van der Waals surface area contributed by atoms with Crippen molar-refractivity contribution >= 4 is 11.6 Å². The van der Waals surface area contributed by atoms with Gasteiger partial charge in [0.1, 0.15) is 6.54 Å². The molecule has 130 valence electrons. The summed E-state index contributed by atoms with van der Waals surface area (Å²) in [6, 6.07) is 5.46. The second kappa shape index (κ2) is 7.98. The van der Waals surface area contributed by atoms with Gasteiger partial charge in [-0.1, -0.05) is 0 Å². The standard InChI is InChI=1S/C16H18F3N3O2/c1-22(2)12(13-4-3-7-24-13)8-20-9-14(23)21-11-6-5-10(17)15(18)16(11)19/h3-7,12,20H,8-9H2,1-2H3,(H,21,23)/p+2/t12-/m1/s1. The molecule has 2 aromatic rings. The third kappa shape index (κ3) is 4.36. The van der Waals surface area contributed by atoms with E-state index in [1.165, 1.54) is 0 Å². The second-order valence-electron chi connectivity index (χ2n) is 5.64. The van der Waals surface area contributed by atoms with Gasteiger partial charge in [0, 0.05) is 0 Å². The highest BCUT2D eigenvalue weighted by Gasteiger charge is 2.23. The molecule has 0 aliphatic carbocycles. The number of rotatable bonds is 7. The number of amides is 1. The van der Waals surface area contributed by atoms with E-state index in [4.69, 9.17) is 4.42 Å². The van der Waals surface area contributed by atoms with Gasteiger partial charge in [0.05, 0.1) is 26.0 Å². The molecule has 1 amide bonds. The molecule has 0 spiro atoms. The van der Waals surface area contributed by atoms with Gasteiger partial charge in [0.15, 0.2) is 35.8 Å². The fourth-order valence-electron chi connectivity index (χ4n) is 2.33. The summed E-state index contributed by atoms with van der Waals surface area (Å²) in [5.74, 6) is -4.02. The van der Waals surface area contributed by atoms with E-state index in [-0.39, 0.29) is 18.3 Å². The number of hydrogen-bond acceptors (Lipinski definition) is 2. The first kappa shape index (κ1) is 18.0. The average molecular weight is 343 g/mol. The van der Waals surface area contributed by atoms with Crippen LogP contribution in [0.1, 0.15) is 11.8 Å². The minimum atomic E-state index is -1.61. The monoisotopic (exact) mass is 343 g/mol. The molecule has 1 heterocycles. The minimum Gasteiger partial charge on any atom is -0.463 e. The number of quaternary nitrogens is 2. The Kier molecular flexibility index (Phi) is 5.99. The average Bonchev–Trinajstić information content (AvgIpc) is 3.06. The van der Waals surface area contributed by atoms with E-state index in [0.29, 0.717) is 6.54 Å². The SMILES string of the molecule is C[NH+](C)[C@H](C[NH2+]CC(=O)Nc1ccc(F)c(F)c1F)c1ccco1. The number of benzene rings is 1. The Morgan fingerprint density at radius 2 is 2.00 bits per heavy atom. The highest BCUT2D eigenvalue weighted by Crippen LogP contribution is 2.19. The predicted molar refractivity (Wildman–Crippen MR) is 80.9 cm³/mol. The van der Waals surface area contributed by atoms with E-state index in [2.05, 4.69) is 5.32 Å². The predicted octanol–water partition coefficient (Wildman–Crippen LogP) is 0.0846. The molecule has 1 aromatic heterocycles. The van der Waals surface area contributed by atoms with Crippen LogP contribution in [0.4, 0.5) is 18.9 Å². The van der Waals surface area contributed by atoms with Gasteiger partial charge in [-0.15, -0.1) is 0 Å². The fourth-order valence-corrected chi connectivity index (χ4v) is 2.33. The van der Waals surface area contributed by atoms with Crippen molar-refractivity contribution in [3.8, 4) is 0 Å². The maximum Gasteiger partial charge on any atom is 0.279 e. The van der Waals surface area contributed by atoms with E-state index >= 15 is 0 Å². The molecule has 5 nitrogen and oxygen atoms in total. The first-order valence-corrected chi connectivity index (χ1v) is 7.48. The quantitative estimate of drug-likeness (QED) is 0.624. The summed E-state index contributed by atoms with van der Waals surface area (Å²) in [6.07, 6.45) is 1.59. The summed E-state index contributed by atoms with van der Waals surface area (Å²) in [5.41, 5.74) is -0.381. The van der Waals surface area contributed by atoms with Crippen molar-refractivity contribution in [1.29, 1.82) is 0 Å². The van der Waals surface area contributed by atoms with Crippen molar-refractivity contribution in [2.24, 2.45) is 0 Å². The first-order valence-electron chi connectivity index (χ1n) is 7.48. The molecule has 0 aliphatic heterocycles. The van der Waals surface area contributed by atoms with Crippen LogP contribution in [0, 0.1) is 17.5 Å². The molecule has 2 rings (SSSR count). The number of hydrogen-bond donors (Lipinski definition) is 3. The lowest BCUT2D eigenvalue weighted by atomic mass is 10.2. The number of carbonyl (C=O) groups is 1. The molecular formula is C16H20F3N3O2+2. The normalized spacial score (nSPS) is 12.4. The lowest BCUT2D eigenvalue weighted by molar-refractivity contribution is -0.909. The summed E-state index contributed by atoms with van der Waals surface area (Å²) in [6.45, 7) is 0.590. The van der Waals surface area contributed by atoms with Gasteiger partial charge in [0.2, 0.25) is 0 Å². The number of anilines is 1. The number of carbonyl (C=O) groups excluding carboxylic acids is 1. The summed E-state index contributed by atoms with van der Waals surface area (Å²) in [4.78, 5) is 13.0. The van der Waals surface area contributed by atoms with Crippen molar-refractivity contribution in [2.75, 3.05) is 32.5 Å². The first-order chi connectivity index (χ1) is 11.4. The fraction of sp³-hybridized carbons (Fsp3) is 0.312. The van der Waals surface area contributed by atoms with E-state index in [1.807, 2.05) is 20.2 Å². The summed E-state index contributed by atoms with van der Waals surface area (Å²) >= 11 is 0. The van der Waals surface area contributed by atoms with Crippen LogP contribution in [0.25, 0.3) is 0 Å². The molecule has 0 saturated heterocycles. The van der Waals surface area contributed by atoms with Crippen molar-refractivity contribution in [3.63, 3.8) is 0 Å². The molecule has 24 heavy (non-hydrogen) atoms. The second-order valence-corrected chi connectivity index (χ2v) is 5.64. The Hall–Kier alpha value is -2.32. The van der Waals surface area contributed by atoms with Gasteiger partial charge in [-0.3, -0.25) is 4.79 Å². The molecule has 8 heteroatoms. The van der Waals surface area contributed by atoms with Crippen molar-refractivity contribution in [3.05, 3.63) is 53.7 Å². The molecule has 1 aromatic carbocycles. The van der Waals surface area contributed by atoms with Gasteiger partial charge >= 0.3 is 0 Å². The number of halogens is 3. The van der Waals surface area contributed by atoms with Crippen LogP contribution >= 0.6 is 0 Å². The lowest BCUT2D eigenvalue weighted by Crippen LogP contribution is -3.09. The number of nitrogens with one attached hydrogen (secondary N) is 2. The number of nitrogens with two attached hydrogens (primary N) is 1. The summed E-state index contributed by atoms with van der Waals surface area (Å²) < 4.78 is 44.9. The Morgan fingerprint density at radius 3 is 2.62 bits per heavy atom. The van der Waals surface area contributed by atoms with E-state index in [9.17, 15) is 18.0 Å². The highest BCUT2D eigenvalue weighted by atomic mass is 19.2. The molecule has 0 aliphatic rings. The lowest BCUT2D eigenvalue weighted by Gasteiger charge is -2.17. The zero-order chi connectivity index (χ0) is 17.7. The Morgan fingerprint density at radius 1 is 1.25 bits per heavy atom. The zero-order valence-corrected chi connectivity index (χ0v) is 13.4. The van der Waals surface area contributed by atoms with Gasteiger partial charge in [-0.25, -0.2) is 13.2 Å². The van der Waals surface area contributed by atoms with Crippen molar-refractivity contribution in [2.45, 2.75) is 6.04 Å². The minimum absolute atomic E-state index is 0.0168. The number of furan rings is 1. The van der Waals surface area contributed by atoms with Crippen LogP contribution in [0.15, 0.2) is 34.9 Å². The molecule has 0 fully saturated rings. The van der Waals surface area contributed by atoms with Crippen LogP contribution in [0.3, 0.4) is 0 Å². The Balaban J connectivity index is 1.88. The van der Waals surface area contributed by atoms with E-state index in [0.717, 1.165) is 22.8 Å². The maximum atomic E-state index is 13.5. The van der Waals surface area contributed by atoms with Gasteiger partial charge in [-0.2, -0.15) is 0 Å². The molecule has 1 atom stereocenters. The highest BCUT2D eigenvalue weighted by molar-refractivity contribution is 5.91. The molecular weight excluding hydrogens is 323 g/mol. The summed E-state index contributed by atoms with van der Waals surface area (Å²) in [7, 11) is 3.94. The van der Waals surface area contributed by atoms with Crippen molar-refractivity contribution in [1.82, 2.24) is 0 Å². The van der Waals surface area contributed by atoms with Gasteiger partial charge < -0.3 is 20.0 Å². The van der Waals surface area contributed by atoms with E-state index in [1.54, 1.807) is 17.6 Å². The molecule has 0 radical (unpaired) electrons. The Labute approximate surface area is 137 Å². The molecule has 0 bridgehead atoms. The third-order valence-corrected chi connectivity index (χ3v) is 3.62. The van der Waals surface area contributed by atoms with Crippen molar-refractivity contribution < 1.29 is 32.6 Å². The van der Waals surface area contributed by atoms with Crippen LogP contribution in [-0.2, 0) is 4.79 Å². The molecule has 0 saturated carbocycles. The zero-order valence-electron chi connectivity index (χ0n) is 13.4. The van der Waals surface area contributed by atoms with E-state index < -0.39 is 23.4 Å². The van der Waals surface area contributed by atoms with Gasteiger partial charge in [0.25, 0.3) is 5.91 Å².